The van der Waals surface area contributed by atoms with Crippen LogP contribution in [0.4, 0.5) is 15.0 Å². The van der Waals surface area contributed by atoms with Crippen molar-refractivity contribution in [3.63, 3.8) is 0 Å². The van der Waals surface area contributed by atoms with Crippen LogP contribution in [0.1, 0.15) is 106 Å². The van der Waals surface area contributed by atoms with Crippen LogP contribution in [-0.2, 0) is 30.8 Å². The van der Waals surface area contributed by atoms with Crippen LogP contribution in [0.2, 0.25) is 10.0 Å². The van der Waals surface area contributed by atoms with Gasteiger partial charge in [-0.05, 0) is 117 Å². The minimum absolute atomic E-state index is 0.122. The summed E-state index contributed by atoms with van der Waals surface area (Å²) in [5, 5.41) is 11.7. The minimum Gasteiger partial charge on any atom is -0.493 e. The molecule has 3 aliphatic heterocycles. The molecule has 4 aromatic carbocycles. The number of aromatic nitrogens is 3. The van der Waals surface area contributed by atoms with Gasteiger partial charge in [0.05, 0.1) is 57.4 Å². The SMILES string of the molecule is CCOc1cc(C(C)(C)C)ccc1C1=N[C@](C)(c2ccc(Cl)cc2)[C@](C)(c2ccc(Cl)cc2)N1C(=O)N1CCN(CCOCCOCCC(=O)NCCN2C[C@H](C)Oc3ccc(F)cc3[C@H](C)Nc3ccn4ncc(c4n3)C2=O)CC1. The number of benzene rings is 4. The van der Waals surface area contributed by atoms with Gasteiger partial charge < -0.3 is 39.4 Å². The molecule has 3 aliphatic rings. The number of carbonyl (C=O) groups excluding carboxylic acids is 3. The van der Waals surface area contributed by atoms with E-state index in [2.05, 4.69) is 72.4 Å². The Hall–Kier alpha value is -6.83. The van der Waals surface area contributed by atoms with Gasteiger partial charge in [-0.15, -0.1) is 0 Å². The fourth-order valence-corrected chi connectivity index (χ4v) is 11.0. The number of rotatable bonds is 17. The second-order valence-electron chi connectivity index (χ2n) is 22.1. The van der Waals surface area contributed by atoms with E-state index in [0.29, 0.717) is 109 Å². The predicted octanol–water partition coefficient (Wildman–Crippen LogP) is 10.1. The minimum atomic E-state index is -1.04. The lowest BCUT2D eigenvalue weighted by molar-refractivity contribution is -0.122. The van der Waals surface area contributed by atoms with Crippen LogP contribution in [0.3, 0.4) is 0 Å². The number of anilines is 1. The number of urea groups is 1. The highest BCUT2D eigenvalue weighted by Crippen LogP contribution is 2.54. The van der Waals surface area contributed by atoms with Crippen LogP contribution >= 0.6 is 23.2 Å². The molecule has 430 valence electrons. The Morgan fingerprint density at radius 2 is 1.54 bits per heavy atom. The average molecular weight is 1150 g/mol. The summed E-state index contributed by atoms with van der Waals surface area (Å²) in [6.07, 6.45) is 2.83. The van der Waals surface area contributed by atoms with Crippen molar-refractivity contribution in [3.05, 3.63) is 153 Å². The van der Waals surface area contributed by atoms with Crippen molar-refractivity contribution in [3.8, 4) is 11.5 Å². The number of aliphatic imine (C=N–C) groups is 1. The summed E-state index contributed by atoms with van der Waals surface area (Å²) in [4.78, 5) is 60.5. The normalized spacial score (nSPS) is 20.7. The lowest BCUT2D eigenvalue weighted by atomic mass is 9.71. The Morgan fingerprint density at radius 3 is 2.23 bits per heavy atom. The molecule has 0 unspecified atom stereocenters. The first-order valence-electron chi connectivity index (χ1n) is 27.8. The summed E-state index contributed by atoms with van der Waals surface area (Å²) in [7, 11) is 0. The molecule has 0 spiro atoms. The first-order valence-corrected chi connectivity index (χ1v) is 28.5. The largest absolute Gasteiger partial charge is 0.493 e. The van der Waals surface area contributed by atoms with Gasteiger partial charge in [-0.2, -0.15) is 5.10 Å². The lowest BCUT2D eigenvalue weighted by Crippen LogP contribution is -2.60. The number of hydrogen-bond acceptors (Lipinski definition) is 12. The Bertz CT molecular complexity index is 3240. The fraction of sp³-hybridized carbons (Fsp3) is 0.443. The van der Waals surface area contributed by atoms with E-state index in [9.17, 15) is 14.0 Å². The van der Waals surface area contributed by atoms with Crippen molar-refractivity contribution in [1.82, 2.24) is 39.5 Å². The molecule has 2 bridgehead atoms. The quantitative estimate of drug-likeness (QED) is 0.0835. The van der Waals surface area contributed by atoms with Crippen molar-refractivity contribution >= 4 is 58.3 Å². The zero-order valence-corrected chi connectivity index (χ0v) is 49.0. The number of piperazine rings is 1. The zero-order chi connectivity index (χ0) is 57.6. The van der Waals surface area contributed by atoms with Gasteiger partial charge in [0.1, 0.15) is 51.7 Å². The molecular formula is C61H73Cl2FN10O7. The highest BCUT2D eigenvalue weighted by atomic mass is 35.5. The number of hydrogen-bond donors (Lipinski definition) is 2. The van der Waals surface area contributed by atoms with Gasteiger partial charge in [0.2, 0.25) is 5.91 Å². The number of ether oxygens (including phenoxy) is 4. The topological polar surface area (TPSA) is 168 Å². The smallest absolute Gasteiger partial charge is 0.326 e. The van der Waals surface area contributed by atoms with Crippen LogP contribution in [-0.4, -0.2) is 149 Å². The molecule has 0 saturated carbocycles. The Balaban J connectivity index is 0.765. The lowest BCUT2D eigenvalue weighted by Gasteiger charge is -2.47. The van der Waals surface area contributed by atoms with Crippen molar-refractivity contribution in [2.24, 2.45) is 4.99 Å². The average Bonchev–Trinajstić information content (AvgIpc) is 3.87. The zero-order valence-electron chi connectivity index (χ0n) is 47.4. The molecule has 6 aromatic rings. The number of halogens is 3. The van der Waals surface area contributed by atoms with Crippen molar-refractivity contribution in [1.29, 1.82) is 0 Å². The number of amides is 4. The molecule has 9 rings (SSSR count). The summed E-state index contributed by atoms with van der Waals surface area (Å²) < 4.78 is 40.4. The van der Waals surface area contributed by atoms with Crippen LogP contribution < -0.4 is 20.1 Å². The Kier molecular flexibility index (Phi) is 18.2. The van der Waals surface area contributed by atoms with E-state index in [4.69, 9.17) is 47.1 Å². The molecule has 20 heteroatoms. The van der Waals surface area contributed by atoms with E-state index in [1.54, 1.807) is 23.2 Å². The number of nitrogens with one attached hydrogen (secondary N) is 2. The summed E-state index contributed by atoms with van der Waals surface area (Å²) in [5.41, 5.74) is 2.69. The Labute approximate surface area is 483 Å². The molecule has 2 aromatic heterocycles. The van der Waals surface area contributed by atoms with E-state index in [-0.39, 0.29) is 62.0 Å². The third-order valence-corrected chi connectivity index (χ3v) is 16.1. The maximum absolute atomic E-state index is 15.5. The second kappa shape index (κ2) is 25.1. The van der Waals surface area contributed by atoms with Crippen LogP contribution in [0.15, 0.2) is 108 Å². The molecule has 5 heterocycles. The van der Waals surface area contributed by atoms with Gasteiger partial charge in [0.15, 0.2) is 5.65 Å². The summed E-state index contributed by atoms with van der Waals surface area (Å²) in [5.74, 6) is 1.21. The highest BCUT2D eigenvalue weighted by molar-refractivity contribution is 6.30. The number of fused-ring (bicyclic) bond motifs is 2. The molecule has 4 amide bonds. The van der Waals surface area contributed by atoms with E-state index in [1.165, 1.54) is 22.8 Å². The maximum Gasteiger partial charge on any atom is 0.326 e. The van der Waals surface area contributed by atoms with E-state index >= 15 is 4.79 Å². The van der Waals surface area contributed by atoms with Gasteiger partial charge in [-0.25, -0.2) is 18.7 Å². The number of carbonyl (C=O) groups is 3. The standard InChI is InChI=1S/C61H73Cl2FN10O7/c1-9-80-52-36-44(59(4,5)6)14-20-48(52)56-69-60(7,42-10-15-45(62)16-11-42)61(8,43-12-17-46(63)18-13-43)74(56)58(77)71-29-27-70(28-30-71)31-33-79-35-34-78-32-23-54(75)65-24-26-72-39-40(2)81-51-21-19-47(64)37-49(51)41(3)67-53-22-25-73-55(68-53)50(38-66-73)57(72)76/h10-22,25,36-38,40-41H,9,23-24,26-35,39H2,1-8H3,(H,65,75)(H,67,68)/t40-,41-,60+,61-/m0/s1. The van der Waals surface area contributed by atoms with Crippen LogP contribution in [0.5, 0.6) is 11.5 Å². The van der Waals surface area contributed by atoms with Crippen molar-refractivity contribution in [2.75, 3.05) is 90.7 Å². The molecule has 1 saturated heterocycles. The molecule has 0 aliphatic carbocycles. The third kappa shape index (κ3) is 13.0. The van der Waals surface area contributed by atoms with Gasteiger partial charge >= 0.3 is 6.03 Å². The first-order chi connectivity index (χ1) is 38.8. The van der Waals surface area contributed by atoms with E-state index in [0.717, 1.165) is 22.3 Å². The molecule has 2 N–H and O–H groups in total. The van der Waals surface area contributed by atoms with Crippen LogP contribution in [0.25, 0.3) is 5.65 Å². The van der Waals surface area contributed by atoms with Crippen molar-refractivity contribution < 1.29 is 37.7 Å². The summed E-state index contributed by atoms with van der Waals surface area (Å²) in [6.45, 7) is 21.6. The fourth-order valence-electron chi connectivity index (χ4n) is 10.8. The molecule has 81 heavy (non-hydrogen) atoms. The molecule has 1 fully saturated rings. The Morgan fingerprint density at radius 1 is 0.852 bits per heavy atom. The molecule has 4 atom stereocenters. The van der Waals surface area contributed by atoms with Crippen molar-refractivity contribution in [2.45, 2.75) is 90.4 Å². The van der Waals surface area contributed by atoms with Gasteiger partial charge in [-0.3, -0.25) is 24.4 Å². The highest BCUT2D eigenvalue weighted by Gasteiger charge is 2.60. The molecule has 0 radical (unpaired) electrons. The monoisotopic (exact) mass is 1150 g/mol. The van der Waals surface area contributed by atoms with Gasteiger partial charge in [0.25, 0.3) is 5.91 Å². The maximum atomic E-state index is 15.5. The van der Waals surface area contributed by atoms with Crippen LogP contribution in [0, 0.1) is 5.82 Å². The number of amidine groups is 1. The van der Waals surface area contributed by atoms with E-state index in [1.807, 2.05) is 85.2 Å². The summed E-state index contributed by atoms with van der Waals surface area (Å²) in [6, 6.07) is 27.1. The third-order valence-electron chi connectivity index (χ3n) is 15.6. The first kappa shape index (κ1) is 58.8. The van der Waals surface area contributed by atoms with Gasteiger partial charge in [0, 0.05) is 74.0 Å². The number of nitrogens with zero attached hydrogens (tertiary/aromatic N) is 8. The molecular weight excluding hydrogens is 1070 g/mol. The predicted molar refractivity (Wildman–Crippen MR) is 312 cm³/mol. The molecule has 17 nitrogen and oxygen atoms in total. The van der Waals surface area contributed by atoms with Gasteiger partial charge in [-0.1, -0.05) is 74.3 Å². The van der Waals surface area contributed by atoms with E-state index < -0.39 is 23.0 Å². The second-order valence-corrected chi connectivity index (χ2v) is 23.0. The summed E-state index contributed by atoms with van der Waals surface area (Å²) >= 11 is 13.0.